The number of carbonyl (C=O) groups is 2. The molecule has 2 fully saturated rings. The SMILES string of the molecule is CCCS(=O)(=O)N1CCCC(C(=O)N2CCC(NC(=O)c3ccccc3)CC2)C1. The van der Waals surface area contributed by atoms with Crippen LogP contribution in [-0.4, -0.2) is 67.4 Å². The number of amides is 2. The number of hydrogen-bond acceptors (Lipinski definition) is 4. The van der Waals surface area contributed by atoms with Crippen LogP contribution in [-0.2, 0) is 14.8 Å². The lowest BCUT2D eigenvalue weighted by Gasteiger charge is -2.37. The topological polar surface area (TPSA) is 86.8 Å². The molecule has 0 bridgehead atoms. The van der Waals surface area contributed by atoms with E-state index in [1.54, 1.807) is 12.1 Å². The molecule has 0 aliphatic carbocycles. The second-order valence-corrected chi connectivity index (χ2v) is 10.0. The largest absolute Gasteiger partial charge is 0.349 e. The third kappa shape index (κ3) is 5.57. The maximum atomic E-state index is 13.0. The standard InChI is InChI=1S/C21H31N3O4S/c1-2-15-29(27,28)24-12-6-9-18(16-24)21(26)23-13-10-19(11-14-23)22-20(25)17-7-4-3-5-8-17/h3-5,7-8,18-19H,2,6,9-16H2,1H3,(H,22,25). The van der Waals surface area contributed by atoms with Gasteiger partial charge in [0, 0.05) is 37.8 Å². The molecule has 1 N–H and O–H groups in total. The van der Waals surface area contributed by atoms with Gasteiger partial charge in [0.05, 0.1) is 11.7 Å². The normalized spacial score (nSPS) is 21.7. The second kappa shape index (κ2) is 9.71. The van der Waals surface area contributed by atoms with Crippen molar-refractivity contribution in [1.82, 2.24) is 14.5 Å². The highest BCUT2D eigenvalue weighted by molar-refractivity contribution is 7.89. The number of piperidine rings is 2. The molecule has 0 aromatic heterocycles. The zero-order valence-electron chi connectivity index (χ0n) is 17.0. The molecule has 0 saturated carbocycles. The van der Waals surface area contributed by atoms with Gasteiger partial charge in [-0.1, -0.05) is 25.1 Å². The summed E-state index contributed by atoms with van der Waals surface area (Å²) >= 11 is 0. The van der Waals surface area contributed by atoms with Gasteiger partial charge in [-0.3, -0.25) is 9.59 Å². The van der Waals surface area contributed by atoms with Crippen LogP contribution in [0, 0.1) is 5.92 Å². The molecule has 0 spiro atoms. The van der Waals surface area contributed by atoms with Gasteiger partial charge in [-0.05, 0) is 44.2 Å². The average molecular weight is 422 g/mol. The molecule has 2 aliphatic heterocycles. The number of rotatable bonds is 6. The molecule has 29 heavy (non-hydrogen) atoms. The van der Waals surface area contributed by atoms with Crippen LogP contribution in [0.2, 0.25) is 0 Å². The maximum absolute atomic E-state index is 13.0. The van der Waals surface area contributed by atoms with Crippen LogP contribution in [0.1, 0.15) is 49.4 Å². The highest BCUT2D eigenvalue weighted by atomic mass is 32.2. The van der Waals surface area contributed by atoms with Crippen molar-refractivity contribution in [2.45, 2.75) is 45.1 Å². The van der Waals surface area contributed by atoms with E-state index in [1.165, 1.54) is 4.31 Å². The Bertz CT molecular complexity index is 804. The van der Waals surface area contributed by atoms with E-state index < -0.39 is 10.0 Å². The van der Waals surface area contributed by atoms with Crippen LogP contribution in [0.15, 0.2) is 30.3 Å². The molecule has 2 heterocycles. The highest BCUT2D eigenvalue weighted by Gasteiger charge is 2.35. The van der Waals surface area contributed by atoms with Crippen molar-refractivity contribution < 1.29 is 18.0 Å². The number of likely N-dealkylation sites (tertiary alicyclic amines) is 1. The Labute approximate surface area is 173 Å². The van der Waals surface area contributed by atoms with Gasteiger partial charge in [0.1, 0.15) is 0 Å². The Morgan fingerprint density at radius 1 is 1.07 bits per heavy atom. The summed E-state index contributed by atoms with van der Waals surface area (Å²) in [6.07, 6.45) is 3.48. The summed E-state index contributed by atoms with van der Waals surface area (Å²) < 4.78 is 26.2. The molecule has 7 nitrogen and oxygen atoms in total. The Kier molecular flexibility index (Phi) is 7.29. The molecular formula is C21H31N3O4S. The van der Waals surface area contributed by atoms with Gasteiger partial charge in [0.15, 0.2) is 0 Å². The van der Waals surface area contributed by atoms with Crippen molar-refractivity contribution in [3.05, 3.63) is 35.9 Å². The lowest BCUT2D eigenvalue weighted by atomic mass is 9.96. The first-order chi connectivity index (χ1) is 13.9. The molecule has 2 amide bonds. The minimum atomic E-state index is -3.26. The summed E-state index contributed by atoms with van der Waals surface area (Å²) in [5.74, 6) is -0.153. The molecule has 0 radical (unpaired) electrons. The van der Waals surface area contributed by atoms with E-state index in [2.05, 4.69) is 5.32 Å². The van der Waals surface area contributed by atoms with Gasteiger partial charge in [-0.2, -0.15) is 0 Å². The zero-order chi connectivity index (χ0) is 20.9. The van der Waals surface area contributed by atoms with Crippen LogP contribution in [0.3, 0.4) is 0 Å². The van der Waals surface area contributed by atoms with Gasteiger partial charge in [-0.15, -0.1) is 0 Å². The van der Waals surface area contributed by atoms with Crippen LogP contribution < -0.4 is 5.32 Å². The number of sulfonamides is 1. The second-order valence-electron chi connectivity index (χ2n) is 7.95. The van der Waals surface area contributed by atoms with Gasteiger partial charge in [0.2, 0.25) is 15.9 Å². The fraction of sp³-hybridized carbons (Fsp3) is 0.619. The third-order valence-corrected chi connectivity index (χ3v) is 7.81. The average Bonchev–Trinajstić information content (AvgIpc) is 2.74. The van der Waals surface area contributed by atoms with E-state index in [4.69, 9.17) is 0 Å². The lowest BCUT2D eigenvalue weighted by molar-refractivity contribution is -0.137. The molecule has 2 aliphatic rings. The van der Waals surface area contributed by atoms with Crippen molar-refractivity contribution in [2.24, 2.45) is 5.92 Å². The van der Waals surface area contributed by atoms with Gasteiger partial charge in [0.25, 0.3) is 5.91 Å². The minimum Gasteiger partial charge on any atom is -0.349 e. The van der Waals surface area contributed by atoms with Gasteiger partial charge >= 0.3 is 0 Å². The summed E-state index contributed by atoms with van der Waals surface area (Å²) in [5.41, 5.74) is 0.640. The van der Waals surface area contributed by atoms with Crippen molar-refractivity contribution in [1.29, 1.82) is 0 Å². The number of benzene rings is 1. The van der Waals surface area contributed by atoms with Crippen molar-refractivity contribution >= 4 is 21.8 Å². The molecule has 3 rings (SSSR count). The molecule has 1 aromatic rings. The number of carbonyl (C=O) groups excluding carboxylic acids is 2. The first-order valence-corrected chi connectivity index (χ1v) is 12.1. The third-order valence-electron chi connectivity index (χ3n) is 5.77. The molecule has 160 valence electrons. The molecule has 8 heteroatoms. The molecular weight excluding hydrogens is 390 g/mol. The van der Waals surface area contributed by atoms with Crippen LogP contribution >= 0.6 is 0 Å². The Balaban J connectivity index is 1.50. The van der Waals surface area contributed by atoms with Gasteiger partial charge < -0.3 is 10.2 Å². The fourth-order valence-electron chi connectivity index (χ4n) is 4.14. The summed E-state index contributed by atoms with van der Waals surface area (Å²) in [4.78, 5) is 27.1. The summed E-state index contributed by atoms with van der Waals surface area (Å²) in [7, 11) is -3.26. The number of nitrogens with zero attached hydrogens (tertiary/aromatic N) is 2. The summed E-state index contributed by atoms with van der Waals surface area (Å²) in [6, 6.07) is 9.18. The Hall–Kier alpha value is -1.93. The van der Waals surface area contributed by atoms with E-state index in [9.17, 15) is 18.0 Å². The molecule has 1 unspecified atom stereocenters. The number of hydrogen-bond donors (Lipinski definition) is 1. The van der Waals surface area contributed by atoms with Crippen molar-refractivity contribution in [2.75, 3.05) is 31.9 Å². The van der Waals surface area contributed by atoms with Crippen molar-refractivity contribution in [3.8, 4) is 0 Å². The lowest BCUT2D eigenvalue weighted by Crippen LogP contribution is -2.51. The Morgan fingerprint density at radius 2 is 1.76 bits per heavy atom. The van der Waals surface area contributed by atoms with Gasteiger partial charge in [-0.25, -0.2) is 12.7 Å². The predicted octanol–water partition coefficient (Wildman–Crippen LogP) is 1.86. The molecule has 1 aromatic carbocycles. The fourth-order valence-corrected chi connectivity index (χ4v) is 5.73. The van der Waals surface area contributed by atoms with E-state index in [0.29, 0.717) is 38.2 Å². The Morgan fingerprint density at radius 3 is 2.41 bits per heavy atom. The van der Waals surface area contributed by atoms with Crippen LogP contribution in [0.4, 0.5) is 0 Å². The van der Waals surface area contributed by atoms with Crippen molar-refractivity contribution in [3.63, 3.8) is 0 Å². The summed E-state index contributed by atoms with van der Waals surface area (Å²) in [5, 5.41) is 3.05. The smallest absolute Gasteiger partial charge is 0.251 e. The highest BCUT2D eigenvalue weighted by Crippen LogP contribution is 2.23. The summed E-state index contributed by atoms with van der Waals surface area (Å²) in [6.45, 7) is 3.85. The first kappa shape index (κ1) is 21.8. The molecule has 1 atom stereocenters. The monoisotopic (exact) mass is 421 g/mol. The van der Waals surface area contributed by atoms with Crippen LogP contribution in [0.5, 0.6) is 0 Å². The minimum absolute atomic E-state index is 0.0502. The van der Waals surface area contributed by atoms with Crippen LogP contribution in [0.25, 0.3) is 0 Å². The van der Waals surface area contributed by atoms with E-state index in [-0.39, 0.29) is 29.5 Å². The quantitative estimate of drug-likeness (QED) is 0.760. The van der Waals surface area contributed by atoms with E-state index in [0.717, 1.165) is 25.7 Å². The van der Waals surface area contributed by atoms with E-state index in [1.807, 2.05) is 30.0 Å². The molecule has 2 saturated heterocycles. The number of nitrogens with one attached hydrogen (secondary N) is 1. The first-order valence-electron chi connectivity index (χ1n) is 10.5. The zero-order valence-corrected chi connectivity index (χ0v) is 17.9. The van der Waals surface area contributed by atoms with E-state index >= 15 is 0 Å². The predicted molar refractivity (Wildman–Crippen MR) is 112 cm³/mol. The maximum Gasteiger partial charge on any atom is 0.251 e.